The highest BCUT2D eigenvalue weighted by atomic mass is 16.2. The molecule has 20 heavy (non-hydrogen) atoms. The van der Waals surface area contributed by atoms with Gasteiger partial charge in [0.1, 0.15) is 0 Å². The van der Waals surface area contributed by atoms with E-state index < -0.39 is 5.54 Å². The van der Waals surface area contributed by atoms with Crippen molar-refractivity contribution in [1.29, 1.82) is 0 Å². The zero-order valence-corrected chi connectivity index (χ0v) is 11.7. The molecule has 3 rings (SSSR count). The number of nitrogens with one attached hydrogen (secondary N) is 3. The Labute approximate surface area is 118 Å². The first-order chi connectivity index (χ1) is 9.73. The Balaban J connectivity index is 1.80. The van der Waals surface area contributed by atoms with Crippen LogP contribution in [0, 0.1) is 0 Å². The van der Waals surface area contributed by atoms with Crippen LogP contribution in [0.5, 0.6) is 0 Å². The largest absolute Gasteiger partial charge is 0.324 e. The topological polar surface area (TPSA) is 69.8 Å². The molecule has 5 heteroatoms. The van der Waals surface area contributed by atoms with Gasteiger partial charge in [0.25, 0.3) is 0 Å². The van der Waals surface area contributed by atoms with Gasteiger partial charge in [0.2, 0.25) is 11.9 Å². The molecule has 5 nitrogen and oxygen atoms in total. The van der Waals surface area contributed by atoms with Gasteiger partial charge >= 0.3 is 0 Å². The number of rotatable bonds is 4. The zero-order valence-electron chi connectivity index (χ0n) is 11.7. The number of anilines is 1. The highest BCUT2D eigenvalue weighted by Crippen LogP contribution is 2.26. The van der Waals surface area contributed by atoms with E-state index in [1.165, 1.54) is 0 Å². The van der Waals surface area contributed by atoms with Crippen molar-refractivity contribution < 1.29 is 4.79 Å². The molecular formula is C15H20N4O. The Morgan fingerprint density at radius 3 is 3.00 bits per heavy atom. The zero-order chi connectivity index (χ0) is 14.0. The normalized spacial score (nSPS) is 22.2. The molecule has 1 atom stereocenters. The Morgan fingerprint density at radius 1 is 1.45 bits per heavy atom. The van der Waals surface area contributed by atoms with Crippen LogP contribution in [0.1, 0.15) is 32.6 Å². The molecule has 1 aliphatic heterocycles. The minimum Gasteiger partial charge on any atom is -0.324 e. The van der Waals surface area contributed by atoms with Crippen LogP contribution in [0.4, 0.5) is 5.95 Å². The van der Waals surface area contributed by atoms with Crippen molar-refractivity contribution in [1.82, 2.24) is 15.3 Å². The third kappa shape index (κ3) is 2.29. The van der Waals surface area contributed by atoms with E-state index in [1.807, 2.05) is 24.3 Å². The van der Waals surface area contributed by atoms with E-state index in [9.17, 15) is 4.79 Å². The lowest BCUT2D eigenvalue weighted by Crippen LogP contribution is -2.50. The number of aromatic amines is 1. The maximum atomic E-state index is 12.6. The van der Waals surface area contributed by atoms with Gasteiger partial charge in [-0.15, -0.1) is 0 Å². The van der Waals surface area contributed by atoms with Gasteiger partial charge in [0.15, 0.2) is 0 Å². The molecule has 1 aromatic heterocycles. The Bertz CT molecular complexity index is 580. The fraction of sp³-hybridized carbons (Fsp3) is 0.467. The summed E-state index contributed by atoms with van der Waals surface area (Å²) in [5.41, 5.74) is 1.38. The van der Waals surface area contributed by atoms with Gasteiger partial charge < -0.3 is 10.3 Å². The summed E-state index contributed by atoms with van der Waals surface area (Å²) in [6, 6.07) is 7.76. The molecule has 1 unspecified atom stereocenters. The number of para-hydroxylation sites is 2. The van der Waals surface area contributed by atoms with Crippen LogP contribution in [0.25, 0.3) is 11.0 Å². The summed E-state index contributed by atoms with van der Waals surface area (Å²) in [7, 11) is 0. The van der Waals surface area contributed by atoms with Crippen LogP contribution >= 0.6 is 0 Å². The lowest BCUT2D eigenvalue weighted by molar-refractivity contribution is -0.122. The first-order valence-corrected chi connectivity index (χ1v) is 7.25. The van der Waals surface area contributed by atoms with Gasteiger partial charge in [0, 0.05) is 0 Å². The number of fused-ring (bicyclic) bond motifs is 1. The second-order valence-electron chi connectivity index (χ2n) is 5.42. The second-order valence-corrected chi connectivity index (χ2v) is 5.42. The van der Waals surface area contributed by atoms with E-state index in [1.54, 1.807) is 0 Å². The highest BCUT2D eigenvalue weighted by molar-refractivity contribution is 5.98. The van der Waals surface area contributed by atoms with Gasteiger partial charge in [-0.2, -0.15) is 0 Å². The van der Waals surface area contributed by atoms with E-state index in [0.29, 0.717) is 5.95 Å². The fourth-order valence-corrected chi connectivity index (χ4v) is 2.99. The van der Waals surface area contributed by atoms with Crippen molar-refractivity contribution in [3.05, 3.63) is 24.3 Å². The molecule has 1 amide bonds. The summed E-state index contributed by atoms with van der Waals surface area (Å²) in [6.07, 6.45) is 3.79. The van der Waals surface area contributed by atoms with Crippen molar-refractivity contribution in [2.45, 2.75) is 38.1 Å². The van der Waals surface area contributed by atoms with Crippen LogP contribution in [-0.2, 0) is 4.79 Å². The summed E-state index contributed by atoms with van der Waals surface area (Å²) in [5.74, 6) is 0.552. The van der Waals surface area contributed by atoms with Crippen LogP contribution < -0.4 is 10.6 Å². The number of carbonyl (C=O) groups is 1. The number of benzene rings is 1. The van der Waals surface area contributed by atoms with Gasteiger partial charge in [-0.3, -0.25) is 10.1 Å². The van der Waals surface area contributed by atoms with Crippen molar-refractivity contribution >= 4 is 22.9 Å². The highest BCUT2D eigenvalue weighted by Gasteiger charge is 2.40. The summed E-state index contributed by atoms with van der Waals surface area (Å²) in [5, 5.41) is 6.30. The van der Waals surface area contributed by atoms with Crippen molar-refractivity contribution in [3.8, 4) is 0 Å². The molecule has 1 aliphatic rings. The third-order valence-corrected chi connectivity index (χ3v) is 3.98. The number of amides is 1. The predicted octanol–water partition coefficient (Wildman–Crippen LogP) is 2.42. The molecule has 0 aliphatic carbocycles. The maximum absolute atomic E-state index is 12.6. The number of imidazole rings is 1. The van der Waals surface area contributed by atoms with Crippen molar-refractivity contribution in [2.75, 3.05) is 11.9 Å². The molecular weight excluding hydrogens is 252 g/mol. The molecule has 0 bridgehead atoms. The van der Waals surface area contributed by atoms with Gasteiger partial charge in [0.05, 0.1) is 16.6 Å². The number of aromatic nitrogens is 2. The minimum absolute atomic E-state index is 0.0240. The summed E-state index contributed by atoms with van der Waals surface area (Å²) < 4.78 is 0. The molecule has 2 aromatic rings. The molecule has 0 spiro atoms. The number of hydrogen-bond donors (Lipinski definition) is 3. The third-order valence-electron chi connectivity index (χ3n) is 3.98. The summed E-state index contributed by atoms with van der Waals surface area (Å²) in [6.45, 7) is 3.02. The Morgan fingerprint density at radius 2 is 2.30 bits per heavy atom. The molecule has 1 saturated heterocycles. The average molecular weight is 272 g/mol. The van der Waals surface area contributed by atoms with Gasteiger partial charge in [-0.1, -0.05) is 25.5 Å². The summed E-state index contributed by atoms with van der Waals surface area (Å²) in [4.78, 5) is 20.1. The number of hydrogen-bond acceptors (Lipinski definition) is 3. The maximum Gasteiger partial charge on any atom is 0.246 e. The monoisotopic (exact) mass is 272 g/mol. The molecule has 1 fully saturated rings. The Hall–Kier alpha value is -1.88. The van der Waals surface area contributed by atoms with E-state index in [0.717, 1.165) is 43.3 Å². The molecule has 0 saturated carbocycles. The molecule has 106 valence electrons. The fourth-order valence-electron chi connectivity index (χ4n) is 2.99. The predicted molar refractivity (Wildman–Crippen MR) is 79.6 cm³/mol. The molecule has 0 radical (unpaired) electrons. The van der Waals surface area contributed by atoms with Crippen LogP contribution in [0.15, 0.2) is 24.3 Å². The smallest absolute Gasteiger partial charge is 0.246 e. The minimum atomic E-state index is -0.423. The molecule has 2 heterocycles. The summed E-state index contributed by atoms with van der Waals surface area (Å²) >= 11 is 0. The van der Waals surface area contributed by atoms with E-state index in [2.05, 4.69) is 27.5 Å². The van der Waals surface area contributed by atoms with E-state index in [4.69, 9.17) is 0 Å². The standard InChI is InChI=1S/C15H20N4O/c1-2-8-15(9-5-10-16-15)13(20)19-14-17-11-6-3-4-7-12(11)18-14/h3-4,6-7,16H,2,5,8-10H2,1H3,(H2,17,18,19,20). The number of H-pyrrole nitrogens is 1. The lowest BCUT2D eigenvalue weighted by atomic mass is 9.91. The number of nitrogens with zero attached hydrogens (tertiary/aromatic N) is 1. The van der Waals surface area contributed by atoms with Crippen LogP contribution in [0.3, 0.4) is 0 Å². The van der Waals surface area contributed by atoms with Gasteiger partial charge in [-0.05, 0) is 37.9 Å². The Kier molecular flexibility index (Phi) is 3.44. The van der Waals surface area contributed by atoms with E-state index in [-0.39, 0.29) is 5.91 Å². The molecule has 3 N–H and O–H groups in total. The second kappa shape index (κ2) is 5.25. The quantitative estimate of drug-likeness (QED) is 0.800. The van der Waals surface area contributed by atoms with Crippen molar-refractivity contribution in [3.63, 3.8) is 0 Å². The lowest BCUT2D eigenvalue weighted by Gasteiger charge is -2.27. The molecule has 1 aromatic carbocycles. The van der Waals surface area contributed by atoms with Gasteiger partial charge in [-0.25, -0.2) is 4.98 Å². The van der Waals surface area contributed by atoms with Crippen LogP contribution in [-0.4, -0.2) is 28.0 Å². The van der Waals surface area contributed by atoms with E-state index >= 15 is 0 Å². The SMILES string of the molecule is CCCC1(C(=O)Nc2nc3ccccc3[nH]2)CCCN1. The first-order valence-electron chi connectivity index (χ1n) is 7.25. The van der Waals surface area contributed by atoms with Crippen LogP contribution in [0.2, 0.25) is 0 Å². The van der Waals surface area contributed by atoms with Crippen molar-refractivity contribution in [2.24, 2.45) is 0 Å². The first kappa shape index (κ1) is 13.1. The number of carbonyl (C=O) groups excluding carboxylic acids is 1. The average Bonchev–Trinajstić information content (AvgIpc) is 3.05.